The first-order valence-corrected chi connectivity index (χ1v) is 6.41. The van der Waals surface area contributed by atoms with Crippen LogP contribution in [0.3, 0.4) is 0 Å². The van der Waals surface area contributed by atoms with Crippen LogP contribution in [0.2, 0.25) is 0 Å². The number of ether oxygens (including phenoxy) is 4. The normalized spacial score (nSPS) is 16.6. The van der Waals surface area contributed by atoms with E-state index in [9.17, 15) is 14.7 Å². The minimum absolute atomic E-state index is 0.143. The van der Waals surface area contributed by atoms with Crippen LogP contribution in [0.4, 0.5) is 0 Å². The summed E-state index contributed by atoms with van der Waals surface area (Å²) in [5, 5.41) is 10.1. The van der Waals surface area contributed by atoms with Crippen LogP contribution in [0.1, 0.15) is 19.4 Å². The molecule has 1 aromatic carbocycles. The van der Waals surface area contributed by atoms with Crippen molar-refractivity contribution in [3.63, 3.8) is 0 Å². The molecule has 7 nitrogen and oxygen atoms in total. The Morgan fingerprint density at radius 1 is 1.09 bits per heavy atom. The monoisotopic (exact) mass is 308 g/mol. The lowest BCUT2D eigenvalue weighted by atomic mass is 10.1. The van der Waals surface area contributed by atoms with E-state index in [0.29, 0.717) is 5.75 Å². The molecule has 1 saturated heterocycles. The van der Waals surface area contributed by atoms with Crippen LogP contribution in [-0.2, 0) is 19.1 Å². The Morgan fingerprint density at radius 3 is 2.18 bits per heavy atom. The first kappa shape index (κ1) is 15.7. The van der Waals surface area contributed by atoms with Gasteiger partial charge in [-0.05, 0) is 12.1 Å². The van der Waals surface area contributed by atoms with Gasteiger partial charge in [0.2, 0.25) is 0 Å². The van der Waals surface area contributed by atoms with Gasteiger partial charge in [0.25, 0.3) is 5.79 Å². The first-order valence-electron chi connectivity index (χ1n) is 6.41. The highest BCUT2D eigenvalue weighted by Gasteiger charge is 2.39. The number of hydrogen-bond donors (Lipinski definition) is 1. The fourth-order valence-electron chi connectivity index (χ4n) is 1.92. The van der Waals surface area contributed by atoms with Gasteiger partial charge in [-0.25, -0.2) is 9.59 Å². The van der Waals surface area contributed by atoms with E-state index in [1.165, 1.54) is 46.3 Å². The van der Waals surface area contributed by atoms with E-state index in [0.717, 1.165) is 0 Å². The summed E-state index contributed by atoms with van der Waals surface area (Å²) in [7, 11) is 2.81. The summed E-state index contributed by atoms with van der Waals surface area (Å²) in [5.41, 5.74) is -0.162. The van der Waals surface area contributed by atoms with Crippen molar-refractivity contribution in [2.45, 2.75) is 19.6 Å². The zero-order valence-corrected chi connectivity index (χ0v) is 12.6. The van der Waals surface area contributed by atoms with Gasteiger partial charge >= 0.3 is 11.9 Å². The number of phenolic OH excluding ortho intramolecular Hbond substituents is 1. The Hall–Kier alpha value is -2.70. The molecule has 1 N–H and O–H groups in total. The Kier molecular flexibility index (Phi) is 3.99. The third kappa shape index (κ3) is 2.98. The molecule has 1 heterocycles. The van der Waals surface area contributed by atoms with E-state index in [1.807, 2.05) is 0 Å². The van der Waals surface area contributed by atoms with E-state index in [1.54, 1.807) is 0 Å². The molecule has 0 aromatic heterocycles. The molecule has 0 radical (unpaired) electrons. The van der Waals surface area contributed by atoms with E-state index in [4.69, 9.17) is 18.9 Å². The molecule has 1 fully saturated rings. The molecule has 2 rings (SSSR count). The van der Waals surface area contributed by atoms with Gasteiger partial charge in [0.15, 0.2) is 11.5 Å². The lowest BCUT2D eigenvalue weighted by Gasteiger charge is -2.29. The lowest BCUT2D eigenvalue weighted by Crippen LogP contribution is -2.41. The number of carbonyl (C=O) groups is 2. The standard InChI is InChI=1S/C15H16O7/c1-15(2)21-13(17)10(14(18)22-15)6-8-5-9(19-3)7-11(20-4)12(8)16/h5-7,16H,1-4H3. The van der Waals surface area contributed by atoms with E-state index < -0.39 is 17.7 Å². The molecular weight excluding hydrogens is 292 g/mol. The highest BCUT2D eigenvalue weighted by atomic mass is 16.7. The molecule has 0 aliphatic carbocycles. The summed E-state index contributed by atoms with van der Waals surface area (Å²) in [6, 6.07) is 2.92. The topological polar surface area (TPSA) is 91.3 Å². The smallest absolute Gasteiger partial charge is 0.348 e. The third-order valence-corrected chi connectivity index (χ3v) is 2.95. The molecule has 0 spiro atoms. The second kappa shape index (κ2) is 5.59. The van der Waals surface area contributed by atoms with Crippen LogP contribution in [0.5, 0.6) is 17.2 Å². The summed E-state index contributed by atoms with van der Waals surface area (Å²) in [6.45, 7) is 2.90. The number of aromatic hydroxyl groups is 1. The maximum atomic E-state index is 11.9. The fourth-order valence-corrected chi connectivity index (χ4v) is 1.92. The number of rotatable bonds is 3. The van der Waals surface area contributed by atoms with Crippen molar-refractivity contribution in [3.8, 4) is 17.2 Å². The van der Waals surface area contributed by atoms with Gasteiger partial charge in [-0.3, -0.25) is 0 Å². The number of esters is 2. The largest absolute Gasteiger partial charge is 0.504 e. The maximum Gasteiger partial charge on any atom is 0.348 e. The van der Waals surface area contributed by atoms with Crippen molar-refractivity contribution in [2.75, 3.05) is 14.2 Å². The van der Waals surface area contributed by atoms with E-state index >= 15 is 0 Å². The van der Waals surface area contributed by atoms with Gasteiger partial charge in [0.1, 0.15) is 11.3 Å². The Bertz CT molecular complexity index is 636. The highest BCUT2D eigenvalue weighted by molar-refractivity contribution is 6.19. The van der Waals surface area contributed by atoms with Crippen molar-refractivity contribution < 1.29 is 33.6 Å². The second-order valence-electron chi connectivity index (χ2n) is 5.00. The maximum absolute atomic E-state index is 11.9. The van der Waals surface area contributed by atoms with Gasteiger partial charge in [-0.1, -0.05) is 0 Å². The highest BCUT2D eigenvalue weighted by Crippen LogP contribution is 2.36. The van der Waals surface area contributed by atoms with Crippen LogP contribution in [0.25, 0.3) is 6.08 Å². The summed E-state index contributed by atoms with van der Waals surface area (Å²) in [5.74, 6) is -2.69. The van der Waals surface area contributed by atoms with Crippen LogP contribution in [0.15, 0.2) is 17.7 Å². The summed E-state index contributed by atoms with van der Waals surface area (Å²) in [6.07, 6.45) is 1.17. The number of hydrogen-bond acceptors (Lipinski definition) is 7. The summed E-state index contributed by atoms with van der Waals surface area (Å²) in [4.78, 5) is 23.8. The zero-order valence-electron chi connectivity index (χ0n) is 12.6. The minimum atomic E-state index is -1.32. The average molecular weight is 308 g/mol. The number of carbonyl (C=O) groups excluding carboxylic acids is 2. The van der Waals surface area contributed by atoms with Gasteiger partial charge in [0.05, 0.1) is 14.2 Å². The molecular formula is C15H16O7. The first-order chi connectivity index (χ1) is 10.3. The predicted octanol–water partition coefficient (Wildman–Crippen LogP) is 1.63. The summed E-state index contributed by atoms with van der Waals surface area (Å²) < 4.78 is 20.1. The fraction of sp³-hybridized carbons (Fsp3) is 0.333. The number of methoxy groups -OCH3 is 2. The van der Waals surface area contributed by atoms with Gasteiger partial charge in [-0.15, -0.1) is 0 Å². The van der Waals surface area contributed by atoms with Crippen LogP contribution in [0, 0.1) is 0 Å². The van der Waals surface area contributed by atoms with Crippen molar-refractivity contribution in [3.05, 3.63) is 23.3 Å². The number of cyclic esters (lactones) is 2. The molecule has 118 valence electrons. The Morgan fingerprint density at radius 2 is 1.68 bits per heavy atom. The molecule has 0 atom stereocenters. The zero-order chi connectivity index (χ0) is 16.5. The number of phenols is 1. The quantitative estimate of drug-likeness (QED) is 0.515. The molecule has 0 amide bonds. The van der Waals surface area contributed by atoms with Crippen LogP contribution in [-0.4, -0.2) is 37.1 Å². The van der Waals surface area contributed by atoms with Gasteiger partial charge in [0, 0.05) is 25.5 Å². The van der Waals surface area contributed by atoms with Crippen molar-refractivity contribution >= 4 is 18.0 Å². The van der Waals surface area contributed by atoms with E-state index in [2.05, 4.69) is 0 Å². The Balaban J connectivity index is 2.49. The van der Waals surface area contributed by atoms with Crippen molar-refractivity contribution in [2.24, 2.45) is 0 Å². The molecule has 0 unspecified atom stereocenters. The molecule has 1 aromatic rings. The molecule has 22 heavy (non-hydrogen) atoms. The minimum Gasteiger partial charge on any atom is -0.504 e. The van der Waals surface area contributed by atoms with Crippen LogP contribution >= 0.6 is 0 Å². The third-order valence-electron chi connectivity index (χ3n) is 2.95. The predicted molar refractivity (Wildman–Crippen MR) is 75.5 cm³/mol. The molecule has 0 saturated carbocycles. The lowest BCUT2D eigenvalue weighted by molar-refractivity contribution is -0.222. The molecule has 7 heteroatoms. The summed E-state index contributed by atoms with van der Waals surface area (Å²) >= 11 is 0. The van der Waals surface area contributed by atoms with Gasteiger partial charge < -0.3 is 24.1 Å². The SMILES string of the molecule is COc1cc(C=C2C(=O)OC(C)(C)OC2=O)c(O)c(OC)c1. The second-order valence-corrected chi connectivity index (χ2v) is 5.00. The average Bonchev–Trinajstić information content (AvgIpc) is 2.43. The van der Waals surface area contributed by atoms with Crippen LogP contribution < -0.4 is 9.47 Å². The number of benzene rings is 1. The van der Waals surface area contributed by atoms with E-state index in [-0.39, 0.29) is 22.6 Å². The molecule has 1 aliphatic heterocycles. The van der Waals surface area contributed by atoms with Gasteiger partial charge in [-0.2, -0.15) is 0 Å². The molecule has 0 bridgehead atoms. The van der Waals surface area contributed by atoms with Crippen molar-refractivity contribution in [1.82, 2.24) is 0 Å². The van der Waals surface area contributed by atoms with Crippen molar-refractivity contribution in [1.29, 1.82) is 0 Å². The molecule has 1 aliphatic rings. The Labute approximate surface area is 127 Å².